The maximum absolute atomic E-state index is 12.1. The molecule has 0 bridgehead atoms. The Hall–Kier alpha value is -2.41. The third kappa shape index (κ3) is 3.73. The first-order valence-corrected chi connectivity index (χ1v) is 8.91. The molecule has 0 radical (unpaired) electrons. The minimum Gasteiger partial charge on any atom is -0.464 e. The van der Waals surface area contributed by atoms with Gasteiger partial charge in [-0.15, -0.1) is 0 Å². The number of benzene rings is 2. The molecule has 0 aliphatic carbocycles. The summed E-state index contributed by atoms with van der Waals surface area (Å²) in [7, 11) is -3.63. The van der Waals surface area contributed by atoms with Crippen molar-refractivity contribution in [2.45, 2.75) is 11.0 Å². The zero-order valence-electron chi connectivity index (χ0n) is 12.8. The van der Waals surface area contributed by atoms with Crippen LogP contribution in [0.4, 0.5) is 0 Å². The van der Waals surface area contributed by atoms with Gasteiger partial charge in [0.15, 0.2) is 0 Å². The standard InChI is InChI=1S/C18H17NO4S/c20-17(13-19-24(21,22)16-5-2-1-3-6-16)14-8-10-15(11-9-14)18-7-4-12-23-18/h1-12,17,19-20H,13H2/t17-/m1/s1. The highest BCUT2D eigenvalue weighted by molar-refractivity contribution is 7.89. The van der Waals surface area contributed by atoms with E-state index in [0.29, 0.717) is 5.56 Å². The third-order valence-corrected chi connectivity index (χ3v) is 5.06. The number of rotatable bonds is 6. The van der Waals surface area contributed by atoms with Crippen molar-refractivity contribution in [3.05, 3.63) is 78.6 Å². The highest BCUT2D eigenvalue weighted by Gasteiger charge is 2.16. The fourth-order valence-electron chi connectivity index (χ4n) is 2.30. The molecule has 24 heavy (non-hydrogen) atoms. The third-order valence-electron chi connectivity index (χ3n) is 3.62. The lowest BCUT2D eigenvalue weighted by molar-refractivity contribution is 0.182. The van der Waals surface area contributed by atoms with Crippen LogP contribution in [0.2, 0.25) is 0 Å². The Bertz CT molecular complexity index is 873. The van der Waals surface area contributed by atoms with Gasteiger partial charge in [-0.1, -0.05) is 42.5 Å². The maximum atomic E-state index is 12.1. The number of aliphatic hydroxyl groups is 1. The predicted octanol–water partition coefficient (Wildman–Crippen LogP) is 2.96. The molecular weight excluding hydrogens is 326 g/mol. The van der Waals surface area contributed by atoms with E-state index in [0.717, 1.165) is 11.3 Å². The summed E-state index contributed by atoms with van der Waals surface area (Å²) in [5.41, 5.74) is 1.52. The summed E-state index contributed by atoms with van der Waals surface area (Å²) in [6.45, 7) is -0.0999. The van der Waals surface area contributed by atoms with Crippen LogP contribution in [0.5, 0.6) is 0 Å². The van der Waals surface area contributed by atoms with Crippen molar-refractivity contribution in [1.82, 2.24) is 4.72 Å². The molecule has 0 aliphatic rings. The van der Waals surface area contributed by atoms with Gasteiger partial charge < -0.3 is 9.52 Å². The zero-order valence-corrected chi connectivity index (χ0v) is 13.6. The Morgan fingerprint density at radius 2 is 1.67 bits per heavy atom. The second-order valence-corrected chi connectivity index (χ2v) is 7.05. The van der Waals surface area contributed by atoms with Crippen molar-refractivity contribution in [1.29, 1.82) is 0 Å². The van der Waals surface area contributed by atoms with Crippen molar-refractivity contribution in [2.24, 2.45) is 0 Å². The fourth-order valence-corrected chi connectivity index (χ4v) is 3.36. The van der Waals surface area contributed by atoms with Gasteiger partial charge in [-0.2, -0.15) is 0 Å². The van der Waals surface area contributed by atoms with Crippen LogP contribution in [-0.2, 0) is 10.0 Å². The van der Waals surface area contributed by atoms with Crippen LogP contribution in [0.3, 0.4) is 0 Å². The van der Waals surface area contributed by atoms with Crippen molar-refractivity contribution >= 4 is 10.0 Å². The Morgan fingerprint density at radius 3 is 2.29 bits per heavy atom. The van der Waals surface area contributed by atoms with Gasteiger partial charge in [0.2, 0.25) is 10.0 Å². The molecule has 2 N–H and O–H groups in total. The second-order valence-electron chi connectivity index (χ2n) is 5.28. The second kappa shape index (κ2) is 7.00. The molecule has 0 amide bonds. The minimum absolute atomic E-state index is 0.0999. The summed E-state index contributed by atoms with van der Waals surface area (Å²) in [4.78, 5) is 0.172. The number of aliphatic hydroxyl groups excluding tert-OH is 1. The first-order valence-electron chi connectivity index (χ1n) is 7.43. The van der Waals surface area contributed by atoms with Crippen LogP contribution in [0.15, 0.2) is 82.3 Å². The molecular formula is C18H17NO4S. The van der Waals surface area contributed by atoms with Gasteiger partial charge in [0, 0.05) is 12.1 Å². The zero-order chi connectivity index (χ0) is 17.0. The van der Waals surface area contributed by atoms with Gasteiger partial charge in [-0.25, -0.2) is 13.1 Å². The van der Waals surface area contributed by atoms with Gasteiger partial charge in [0.25, 0.3) is 0 Å². The van der Waals surface area contributed by atoms with Crippen molar-refractivity contribution in [3.63, 3.8) is 0 Å². The van der Waals surface area contributed by atoms with E-state index >= 15 is 0 Å². The Balaban J connectivity index is 1.66. The number of sulfonamides is 1. The molecule has 0 saturated heterocycles. The van der Waals surface area contributed by atoms with E-state index in [1.807, 2.05) is 18.2 Å². The molecule has 0 unspecified atom stereocenters. The first-order chi connectivity index (χ1) is 11.6. The van der Waals surface area contributed by atoms with E-state index in [1.165, 1.54) is 12.1 Å². The lowest BCUT2D eigenvalue weighted by atomic mass is 10.1. The van der Waals surface area contributed by atoms with E-state index in [2.05, 4.69) is 4.72 Å². The van der Waals surface area contributed by atoms with Crippen LogP contribution < -0.4 is 4.72 Å². The van der Waals surface area contributed by atoms with Crippen molar-refractivity contribution in [2.75, 3.05) is 6.54 Å². The predicted molar refractivity (Wildman–Crippen MR) is 90.7 cm³/mol. The summed E-state index contributed by atoms with van der Waals surface area (Å²) in [6.07, 6.45) is 0.658. The SMILES string of the molecule is O=S(=O)(NC[C@@H](O)c1ccc(-c2ccco2)cc1)c1ccccc1. The van der Waals surface area contributed by atoms with Crippen LogP contribution in [0.25, 0.3) is 11.3 Å². The first kappa shape index (κ1) is 16.4. The summed E-state index contributed by atoms with van der Waals surface area (Å²) in [5, 5.41) is 10.2. The summed E-state index contributed by atoms with van der Waals surface area (Å²) < 4.78 is 32.0. The lowest BCUT2D eigenvalue weighted by Gasteiger charge is -2.13. The van der Waals surface area contributed by atoms with E-state index < -0.39 is 16.1 Å². The van der Waals surface area contributed by atoms with Crippen LogP contribution in [-0.4, -0.2) is 20.1 Å². The van der Waals surface area contributed by atoms with Gasteiger partial charge >= 0.3 is 0 Å². The molecule has 3 aromatic rings. The Morgan fingerprint density at radius 1 is 0.958 bits per heavy atom. The molecule has 1 heterocycles. The normalized spacial score (nSPS) is 12.9. The summed E-state index contributed by atoms with van der Waals surface area (Å²) in [6, 6.07) is 18.9. The molecule has 0 aliphatic heterocycles. The highest BCUT2D eigenvalue weighted by atomic mass is 32.2. The molecule has 0 spiro atoms. The smallest absolute Gasteiger partial charge is 0.240 e. The van der Waals surface area contributed by atoms with Crippen LogP contribution >= 0.6 is 0 Å². The summed E-state index contributed by atoms with van der Waals surface area (Å²) in [5.74, 6) is 0.737. The Kier molecular flexibility index (Phi) is 4.80. The molecule has 0 fully saturated rings. The molecule has 2 aromatic carbocycles. The molecule has 124 valence electrons. The van der Waals surface area contributed by atoms with Gasteiger partial charge in [0.1, 0.15) is 5.76 Å². The van der Waals surface area contributed by atoms with Crippen LogP contribution in [0.1, 0.15) is 11.7 Å². The quantitative estimate of drug-likeness (QED) is 0.721. The largest absolute Gasteiger partial charge is 0.464 e. The lowest BCUT2D eigenvalue weighted by Crippen LogP contribution is -2.28. The van der Waals surface area contributed by atoms with Crippen molar-refractivity contribution < 1.29 is 17.9 Å². The monoisotopic (exact) mass is 343 g/mol. The molecule has 5 nitrogen and oxygen atoms in total. The van der Waals surface area contributed by atoms with Crippen molar-refractivity contribution in [3.8, 4) is 11.3 Å². The van der Waals surface area contributed by atoms with E-state index in [9.17, 15) is 13.5 Å². The summed E-state index contributed by atoms with van der Waals surface area (Å²) >= 11 is 0. The topological polar surface area (TPSA) is 79.5 Å². The molecule has 1 aromatic heterocycles. The van der Waals surface area contributed by atoms with E-state index in [4.69, 9.17) is 4.42 Å². The number of hydrogen-bond donors (Lipinski definition) is 2. The minimum atomic E-state index is -3.63. The average molecular weight is 343 g/mol. The highest BCUT2D eigenvalue weighted by Crippen LogP contribution is 2.22. The van der Waals surface area contributed by atoms with E-state index in [-0.39, 0.29) is 11.4 Å². The Labute approximate surface area is 140 Å². The average Bonchev–Trinajstić information content (AvgIpc) is 3.15. The number of furan rings is 1. The molecule has 0 saturated carbocycles. The molecule has 3 rings (SSSR count). The number of nitrogens with one attached hydrogen (secondary N) is 1. The van der Waals surface area contributed by atoms with Gasteiger partial charge in [-0.3, -0.25) is 0 Å². The van der Waals surface area contributed by atoms with Gasteiger partial charge in [-0.05, 0) is 29.8 Å². The van der Waals surface area contributed by atoms with E-state index in [1.54, 1.807) is 42.7 Å². The molecule has 6 heteroatoms. The fraction of sp³-hybridized carbons (Fsp3) is 0.111. The maximum Gasteiger partial charge on any atom is 0.240 e. The number of hydrogen-bond acceptors (Lipinski definition) is 4. The van der Waals surface area contributed by atoms with Crippen LogP contribution in [0, 0.1) is 0 Å². The van der Waals surface area contributed by atoms with Gasteiger partial charge in [0.05, 0.1) is 17.3 Å². The molecule has 1 atom stereocenters.